The molecule has 0 aromatic heterocycles. The zero-order valence-corrected chi connectivity index (χ0v) is 16.0. The maximum absolute atomic E-state index is 13.1. The third-order valence-electron chi connectivity index (χ3n) is 4.26. The number of alkyl halides is 3. The summed E-state index contributed by atoms with van der Waals surface area (Å²) in [6.45, 7) is 4.25. The Labute approximate surface area is 161 Å². The van der Waals surface area contributed by atoms with Crippen LogP contribution in [-0.4, -0.2) is 37.7 Å². The fourth-order valence-electron chi connectivity index (χ4n) is 2.91. The molecule has 0 unspecified atom stereocenters. The van der Waals surface area contributed by atoms with Gasteiger partial charge >= 0.3 is 5.51 Å². The Morgan fingerprint density at radius 2 is 1.89 bits per heavy atom. The lowest BCUT2D eigenvalue weighted by atomic mass is 10.0. The van der Waals surface area contributed by atoms with Gasteiger partial charge in [0.2, 0.25) is 0 Å². The molecule has 0 bridgehead atoms. The molecule has 1 aromatic carbocycles. The van der Waals surface area contributed by atoms with Crippen molar-refractivity contribution in [2.45, 2.75) is 31.2 Å². The van der Waals surface area contributed by atoms with E-state index in [1.54, 1.807) is 6.08 Å². The van der Waals surface area contributed by atoms with Crippen molar-refractivity contribution in [3.63, 3.8) is 0 Å². The van der Waals surface area contributed by atoms with Gasteiger partial charge in [0.1, 0.15) is 0 Å². The average molecular weight is 422 g/mol. The van der Waals surface area contributed by atoms with Gasteiger partial charge in [0, 0.05) is 29.4 Å². The molecule has 1 heterocycles. The highest BCUT2D eigenvalue weighted by molar-refractivity contribution is 7.96. The third-order valence-corrected chi connectivity index (χ3v) is 6.21. The van der Waals surface area contributed by atoms with E-state index in [0.717, 1.165) is 0 Å². The standard InChI is InChI=1S/C18H19ClF3NO3S/c1-2-3-10-23-11-4-5-17(27(25,26)18(20,21)22)15(23)12-16(24)13-6-8-14(19)9-7-13/h2,6-9H,1,3-5,10-12H2. The number of benzene rings is 1. The summed E-state index contributed by atoms with van der Waals surface area (Å²) in [5, 5.41) is 0.413. The number of sulfone groups is 1. The number of carbonyl (C=O) groups excluding carboxylic acids is 1. The van der Waals surface area contributed by atoms with E-state index in [4.69, 9.17) is 11.6 Å². The van der Waals surface area contributed by atoms with Gasteiger partial charge in [-0.2, -0.15) is 13.2 Å². The molecule has 0 radical (unpaired) electrons. The second-order valence-corrected chi connectivity index (χ2v) is 8.49. The van der Waals surface area contributed by atoms with Gasteiger partial charge in [-0.3, -0.25) is 4.79 Å². The van der Waals surface area contributed by atoms with Crippen LogP contribution >= 0.6 is 11.6 Å². The zero-order valence-electron chi connectivity index (χ0n) is 14.4. The van der Waals surface area contributed by atoms with Crippen molar-refractivity contribution in [1.29, 1.82) is 0 Å². The molecule has 2 rings (SSSR count). The summed E-state index contributed by atoms with van der Waals surface area (Å²) in [5.41, 5.74) is -5.23. The fourth-order valence-corrected chi connectivity index (χ4v) is 4.24. The Kier molecular flexibility index (Phi) is 6.75. The first-order valence-electron chi connectivity index (χ1n) is 8.26. The summed E-state index contributed by atoms with van der Waals surface area (Å²) < 4.78 is 63.4. The molecular weight excluding hydrogens is 403 g/mol. The molecule has 0 atom stereocenters. The largest absolute Gasteiger partial charge is 0.501 e. The Bertz CT molecular complexity index is 846. The van der Waals surface area contributed by atoms with Crippen LogP contribution in [0.5, 0.6) is 0 Å². The molecule has 0 N–H and O–H groups in total. The molecule has 0 spiro atoms. The minimum atomic E-state index is -5.50. The average Bonchev–Trinajstić information content (AvgIpc) is 2.60. The molecule has 0 amide bonds. The lowest BCUT2D eigenvalue weighted by Gasteiger charge is -2.33. The monoisotopic (exact) mass is 421 g/mol. The third kappa shape index (κ3) is 4.93. The van der Waals surface area contributed by atoms with Crippen LogP contribution in [-0.2, 0) is 9.84 Å². The highest BCUT2D eigenvalue weighted by atomic mass is 35.5. The first-order valence-corrected chi connectivity index (χ1v) is 10.1. The molecule has 1 aliphatic rings. The van der Waals surface area contributed by atoms with Crippen molar-refractivity contribution in [3.05, 3.63) is 58.1 Å². The number of hydrogen-bond acceptors (Lipinski definition) is 4. The van der Waals surface area contributed by atoms with Crippen LogP contribution in [0.15, 0.2) is 47.5 Å². The quantitative estimate of drug-likeness (QED) is 0.471. The van der Waals surface area contributed by atoms with Crippen LogP contribution in [0.25, 0.3) is 0 Å². The second kappa shape index (κ2) is 8.48. The predicted octanol–water partition coefficient (Wildman–Crippen LogP) is 4.73. The van der Waals surface area contributed by atoms with Gasteiger partial charge in [-0.1, -0.05) is 17.7 Å². The highest BCUT2D eigenvalue weighted by Crippen LogP contribution is 2.37. The van der Waals surface area contributed by atoms with Gasteiger partial charge in [-0.25, -0.2) is 8.42 Å². The van der Waals surface area contributed by atoms with Crippen molar-refractivity contribution in [3.8, 4) is 0 Å². The number of carbonyl (C=O) groups is 1. The van der Waals surface area contributed by atoms with Crippen molar-refractivity contribution < 1.29 is 26.4 Å². The van der Waals surface area contributed by atoms with Gasteiger partial charge in [-0.15, -0.1) is 6.58 Å². The Hall–Kier alpha value is -1.80. The number of Topliss-reactive ketones (excluding diaryl/α,β-unsaturated/α-hetero) is 1. The normalized spacial score (nSPS) is 15.8. The molecule has 9 heteroatoms. The molecule has 0 saturated carbocycles. The molecule has 148 valence electrons. The molecule has 0 saturated heterocycles. The van der Waals surface area contributed by atoms with Crippen LogP contribution in [0.1, 0.15) is 36.0 Å². The van der Waals surface area contributed by atoms with E-state index in [1.807, 2.05) is 0 Å². The smallest absolute Gasteiger partial charge is 0.373 e. The van der Waals surface area contributed by atoms with E-state index in [-0.39, 0.29) is 24.1 Å². The van der Waals surface area contributed by atoms with Crippen LogP contribution in [0.3, 0.4) is 0 Å². The van der Waals surface area contributed by atoms with E-state index in [0.29, 0.717) is 24.5 Å². The summed E-state index contributed by atoms with van der Waals surface area (Å²) in [6, 6.07) is 5.90. The van der Waals surface area contributed by atoms with Crippen LogP contribution in [0, 0.1) is 0 Å². The number of rotatable bonds is 7. The number of halogens is 4. The zero-order chi connectivity index (χ0) is 20.2. The topological polar surface area (TPSA) is 54.5 Å². The Morgan fingerprint density at radius 3 is 2.44 bits per heavy atom. The maximum Gasteiger partial charge on any atom is 0.501 e. The molecule has 0 aliphatic carbocycles. The first kappa shape index (κ1) is 21.5. The molecular formula is C18H19ClF3NO3S. The van der Waals surface area contributed by atoms with Crippen molar-refractivity contribution >= 4 is 27.2 Å². The fraction of sp³-hybridized carbons (Fsp3) is 0.389. The summed E-state index contributed by atoms with van der Waals surface area (Å²) in [7, 11) is -5.50. The van der Waals surface area contributed by atoms with Gasteiger partial charge in [0.25, 0.3) is 9.84 Å². The first-order chi connectivity index (χ1) is 12.6. The van der Waals surface area contributed by atoms with Gasteiger partial charge in [0.15, 0.2) is 5.78 Å². The summed E-state index contributed by atoms with van der Waals surface area (Å²) >= 11 is 5.78. The Morgan fingerprint density at radius 1 is 1.26 bits per heavy atom. The number of nitrogens with zero attached hydrogens (tertiary/aromatic N) is 1. The minimum Gasteiger partial charge on any atom is -0.373 e. The maximum atomic E-state index is 13.1. The highest BCUT2D eigenvalue weighted by Gasteiger charge is 2.50. The van der Waals surface area contributed by atoms with Gasteiger partial charge < -0.3 is 4.90 Å². The molecule has 27 heavy (non-hydrogen) atoms. The van der Waals surface area contributed by atoms with Crippen molar-refractivity contribution in [1.82, 2.24) is 4.90 Å². The molecule has 1 aromatic rings. The van der Waals surface area contributed by atoms with E-state index in [2.05, 4.69) is 6.58 Å². The molecule has 0 fully saturated rings. The second-order valence-electron chi connectivity index (χ2n) is 6.09. The number of ketones is 1. The molecule has 1 aliphatic heterocycles. The lowest BCUT2D eigenvalue weighted by molar-refractivity contribution is -0.0429. The van der Waals surface area contributed by atoms with E-state index >= 15 is 0 Å². The van der Waals surface area contributed by atoms with E-state index in [9.17, 15) is 26.4 Å². The summed E-state index contributed by atoms with van der Waals surface area (Å²) in [6.07, 6.45) is 1.64. The minimum absolute atomic E-state index is 0.0830. The lowest BCUT2D eigenvalue weighted by Crippen LogP contribution is -2.36. The predicted molar refractivity (Wildman–Crippen MR) is 98.0 cm³/mol. The van der Waals surface area contributed by atoms with Crippen LogP contribution in [0.2, 0.25) is 5.02 Å². The SMILES string of the molecule is C=CCCN1CCCC(S(=O)(=O)C(F)(F)F)=C1CC(=O)c1ccc(Cl)cc1. The number of hydrogen-bond donors (Lipinski definition) is 0. The molecule has 4 nitrogen and oxygen atoms in total. The summed E-state index contributed by atoms with van der Waals surface area (Å²) in [4.78, 5) is 13.4. The van der Waals surface area contributed by atoms with Gasteiger partial charge in [0.05, 0.1) is 11.3 Å². The van der Waals surface area contributed by atoms with Crippen LogP contribution in [0.4, 0.5) is 13.2 Å². The number of allylic oxidation sites excluding steroid dienone is 2. The van der Waals surface area contributed by atoms with E-state index in [1.165, 1.54) is 29.2 Å². The van der Waals surface area contributed by atoms with Crippen molar-refractivity contribution in [2.75, 3.05) is 13.1 Å². The van der Waals surface area contributed by atoms with Gasteiger partial charge in [-0.05, 0) is 43.5 Å². The van der Waals surface area contributed by atoms with E-state index < -0.39 is 32.5 Å². The van der Waals surface area contributed by atoms with Crippen LogP contribution < -0.4 is 0 Å². The summed E-state index contributed by atoms with van der Waals surface area (Å²) in [5.74, 6) is -0.470. The Balaban J connectivity index is 2.47. The van der Waals surface area contributed by atoms with Crippen molar-refractivity contribution in [2.24, 2.45) is 0 Å².